The molecule has 0 radical (unpaired) electrons. The van der Waals surface area contributed by atoms with Gasteiger partial charge in [-0.15, -0.1) is 6.58 Å². The Labute approximate surface area is 158 Å². The Morgan fingerprint density at radius 2 is 1.96 bits per heavy atom. The molecular weight excluding hydrogens is 331 g/mol. The second-order valence-electron chi connectivity index (χ2n) is 7.23. The molecule has 148 valence electrons. The maximum absolute atomic E-state index is 12.8. The Bertz CT molecular complexity index is 439. The van der Waals surface area contributed by atoms with E-state index in [0.29, 0.717) is 6.42 Å². The number of hydrogen-bond acceptors (Lipinski definition) is 5. The number of unbranched alkanes of at least 4 members (excludes halogenated alkanes) is 3. The molecule has 0 heterocycles. The molecule has 7 heteroatoms. The molecule has 0 bridgehead atoms. The van der Waals surface area contributed by atoms with Crippen molar-refractivity contribution in [3.05, 3.63) is 12.7 Å². The van der Waals surface area contributed by atoms with Gasteiger partial charge in [-0.05, 0) is 44.8 Å². The van der Waals surface area contributed by atoms with Gasteiger partial charge in [0.25, 0.3) is 0 Å². The summed E-state index contributed by atoms with van der Waals surface area (Å²) >= 11 is 0. The van der Waals surface area contributed by atoms with Crippen molar-refractivity contribution in [3.63, 3.8) is 0 Å². The van der Waals surface area contributed by atoms with E-state index in [1.165, 1.54) is 13.5 Å². The van der Waals surface area contributed by atoms with Gasteiger partial charge in [-0.2, -0.15) is 0 Å². The van der Waals surface area contributed by atoms with Crippen LogP contribution in [0.2, 0.25) is 6.82 Å². The van der Waals surface area contributed by atoms with Crippen molar-refractivity contribution in [2.24, 2.45) is 5.92 Å². The molecule has 0 unspecified atom stereocenters. The first kappa shape index (κ1) is 22.7. The summed E-state index contributed by atoms with van der Waals surface area (Å²) in [6.45, 7) is 5.30. The van der Waals surface area contributed by atoms with Crippen LogP contribution in [0.1, 0.15) is 64.2 Å². The molecule has 1 fully saturated rings. The molecule has 1 amide bonds. The number of esters is 1. The van der Waals surface area contributed by atoms with Crippen LogP contribution >= 0.6 is 0 Å². The Balaban J connectivity index is 2.66. The molecule has 1 rings (SSSR count). The SMILES string of the molecule is C=CCCCCC[C@H](NB(C)O)C(=O)N[C@H](C(=O)OC)C1CCCCC1. The minimum Gasteiger partial charge on any atom is -0.467 e. The summed E-state index contributed by atoms with van der Waals surface area (Å²) in [7, 11) is 0.570. The van der Waals surface area contributed by atoms with Crippen LogP contribution in [0, 0.1) is 5.92 Å². The average molecular weight is 366 g/mol. The fourth-order valence-electron chi connectivity index (χ4n) is 3.61. The summed E-state index contributed by atoms with van der Waals surface area (Å²) in [4.78, 5) is 25.0. The molecule has 1 aliphatic rings. The maximum atomic E-state index is 12.8. The Morgan fingerprint density at radius 3 is 2.54 bits per heavy atom. The highest BCUT2D eigenvalue weighted by molar-refractivity contribution is 6.46. The van der Waals surface area contributed by atoms with Gasteiger partial charge in [0.05, 0.1) is 13.2 Å². The predicted octanol–water partition coefficient (Wildman–Crippen LogP) is 2.43. The summed E-state index contributed by atoms with van der Waals surface area (Å²) < 4.78 is 4.92. The van der Waals surface area contributed by atoms with E-state index in [4.69, 9.17) is 4.74 Å². The van der Waals surface area contributed by atoms with Crippen LogP contribution < -0.4 is 10.5 Å². The van der Waals surface area contributed by atoms with Crippen LogP contribution in [0.15, 0.2) is 12.7 Å². The molecule has 2 atom stereocenters. The second-order valence-corrected chi connectivity index (χ2v) is 7.23. The molecule has 1 aliphatic carbocycles. The molecule has 3 N–H and O–H groups in total. The van der Waals surface area contributed by atoms with Gasteiger partial charge in [0.1, 0.15) is 6.04 Å². The monoisotopic (exact) mass is 366 g/mol. The van der Waals surface area contributed by atoms with Crippen LogP contribution in [0.25, 0.3) is 0 Å². The smallest absolute Gasteiger partial charge is 0.374 e. The van der Waals surface area contributed by atoms with Gasteiger partial charge in [0, 0.05) is 0 Å². The van der Waals surface area contributed by atoms with Crippen molar-refractivity contribution < 1.29 is 19.3 Å². The highest BCUT2D eigenvalue weighted by Gasteiger charge is 2.33. The van der Waals surface area contributed by atoms with Gasteiger partial charge in [-0.25, -0.2) is 4.79 Å². The van der Waals surface area contributed by atoms with E-state index in [0.717, 1.165) is 51.4 Å². The second kappa shape index (κ2) is 12.9. The minimum atomic E-state index is -0.787. The number of carbonyl (C=O) groups is 2. The van der Waals surface area contributed by atoms with Gasteiger partial charge in [-0.3, -0.25) is 4.79 Å². The van der Waals surface area contributed by atoms with Crippen molar-refractivity contribution >= 4 is 18.9 Å². The Morgan fingerprint density at radius 1 is 1.27 bits per heavy atom. The molecule has 1 saturated carbocycles. The lowest BCUT2D eigenvalue weighted by Crippen LogP contribution is -2.55. The van der Waals surface area contributed by atoms with E-state index in [2.05, 4.69) is 17.1 Å². The zero-order valence-electron chi connectivity index (χ0n) is 16.3. The quantitative estimate of drug-likeness (QED) is 0.214. The zero-order valence-corrected chi connectivity index (χ0v) is 16.3. The molecule has 0 aliphatic heterocycles. The number of amides is 1. The van der Waals surface area contributed by atoms with Gasteiger partial charge in [0.15, 0.2) is 0 Å². The lowest BCUT2D eigenvalue weighted by atomic mass is 9.83. The molecule has 26 heavy (non-hydrogen) atoms. The fraction of sp³-hybridized carbons (Fsp3) is 0.789. The van der Waals surface area contributed by atoms with E-state index in [-0.39, 0.29) is 17.8 Å². The average Bonchev–Trinajstić information content (AvgIpc) is 2.64. The van der Waals surface area contributed by atoms with Crippen LogP contribution in [0.3, 0.4) is 0 Å². The van der Waals surface area contributed by atoms with Crippen molar-refractivity contribution in [2.75, 3.05) is 7.11 Å². The molecule has 0 aromatic heterocycles. The van der Waals surface area contributed by atoms with Crippen LogP contribution in [-0.4, -0.2) is 43.1 Å². The van der Waals surface area contributed by atoms with E-state index < -0.39 is 19.1 Å². The lowest BCUT2D eigenvalue weighted by Gasteiger charge is -2.30. The summed E-state index contributed by atoms with van der Waals surface area (Å²) in [6.07, 6.45) is 11.6. The van der Waals surface area contributed by atoms with Crippen molar-refractivity contribution in [1.82, 2.24) is 10.5 Å². The predicted molar refractivity (Wildman–Crippen MR) is 105 cm³/mol. The van der Waals surface area contributed by atoms with Gasteiger partial charge in [-0.1, -0.05) is 38.2 Å². The van der Waals surface area contributed by atoms with Gasteiger partial charge < -0.3 is 20.3 Å². The number of ether oxygens (including phenoxy) is 1. The van der Waals surface area contributed by atoms with Crippen LogP contribution in [0.4, 0.5) is 0 Å². The first-order chi connectivity index (χ1) is 12.5. The highest BCUT2D eigenvalue weighted by atomic mass is 16.5. The fourth-order valence-corrected chi connectivity index (χ4v) is 3.61. The zero-order chi connectivity index (χ0) is 19.4. The number of allylic oxidation sites excluding steroid dienone is 1. The molecule has 0 saturated heterocycles. The van der Waals surface area contributed by atoms with E-state index in [1.54, 1.807) is 6.82 Å². The van der Waals surface area contributed by atoms with Crippen LogP contribution in [-0.2, 0) is 14.3 Å². The number of nitrogens with one attached hydrogen (secondary N) is 2. The maximum Gasteiger partial charge on any atom is 0.374 e. The Kier molecular flexibility index (Phi) is 11.3. The largest absolute Gasteiger partial charge is 0.467 e. The first-order valence-electron chi connectivity index (χ1n) is 9.92. The summed E-state index contributed by atoms with van der Waals surface area (Å²) in [5, 5.41) is 15.5. The molecule has 0 aromatic rings. The summed E-state index contributed by atoms with van der Waals surface area (Å²) in [6, 6.07) is -1.12. The van der Waals surface area contributed by atoms with Crippen molar-refractivity contribution in [1.29, 1.82) is 0 Å². The topological polar surface area (TPSA) is 87.7 Å². The molecule has 0 spiro atoms. The normalized spacial score (nSPS) is 17.2. The van der Waals surface area contributed by atoms with E-state index in [9.17, 15) is 14.6 Å². The van der Waals surface area contributed by atoms with Gasteiger partial charge in [0.2, 0.25) is 5.91 Å². The summed E-state index contributed by atoms with van der Waals surface area (Å²) in [5.41, 5.74) is 0. The van der Waals surface area contributed by atoms with Gasteiger partial charge >= 0.3 is 13.0 Å². The molecular formula is C19H35BN2O4. The Hall–Kier alpha value is -1.34. The standard InChI is InChI=1S/C19H35BN2O4/c1-4-5-6-7-11-14-16(22-20(2)25)18(23)21-17(19(24)26-3)15-12-9-8-10-13-15/h4,15-17,22,25H,1,5-14H2,2-3H3,(H,21,23)/t16-,17-/m0/s1. The van der Waals surface area contributed by atoms with Crippen molar-refractivity contribution in [2.45, 2.75) is 83.1 Å². The number of methoxy groups -OCH3 is 1. The number of rotatable bonds is 12. The van der Waals surface area contributed by atoms with E-state index in [1.807, 2.05) is 6.08 Å². The first-order valence-corrected chi connectivity index (χ1v) is 9.92. The third-order valence-electron chi connectivity index (χ3n) is 5.03. The summed E-state index contributed by atoms with van der Waals surface area (Å²) in [5.74, 6) is -0.498. The third kappa shape index (κ3) is 8.36. The highest BCUT2D eigenvalue weighted by Crippen LogP contribution is 2.27. The molecule has 0 aromatic carbocycles. The number of carbonyl (C=O) groups excluding carboxylic acids is 2. The van der Waals surface area contributed by atoms with Crippen molar-refractivity contribution in [3.8, 4) is 0 Å². The minimum absolute atomic E-state index is 0.125. The van der Waals surface area contributed by atoms with E-state index >= 15 is 0 Å². The lowest BCUT2D eigenvalue weighted by molar-refractivity contribution is -0.147. The van der Waals surface area contributed by atoms with Crippen LogP contribution in [0.5, 0.6) is 0 Å². The third-order valence-corrected chi connectivity index (χ3v) is 5.03. The molecule has 6 nitrogen and oxygen atoms in total. The number of hydrogen-bond donors (Lipinski definition) is 3.